The van der Waals surface area contributed by atoms with Gasteiger partial charge in [-0.1, -0.05) is 0 Å². The van der Waals surface area contributed by atoms with Gasteiger partial charge >= 0.3 is 5.97 Å². The van der Waals surface area contributed by atoms with Crippen LogP contribution in [0.1, 0.15) is 6.42 Å². The van der Waals surface area contributed by atoms with E-state index in [1.807, 2.05) is 0 Å². The van der Waals surface area contributed by atoms with Crippen LogP contribution in [-0.2, 0) is 14.3 Å². The van der Waals surface area contributed by atoms with Crippen molar-refractivity contribution in [2.24, 2.45) is 0 Å². The second kappa shape index (κ2) is 6.80. The van der Waals surface area contributed by atoms with Crippen LogP contribution in [-0.4, -0.2) is 63.2 Å². The Morgan fingerprint density at radius 1 is 1.44 bits per heavy atom. The summed E-state index contributed by atoms with van der Waals surface area (Å²) in [6.45, 7) is 3.81. The summed E-state index contributed by atoms with van der Waals surface area (Å²) in [6.07, 6.45) is 0.151. The number of nitrogens with one attached hydrogen (secondary N) is 2. The Hall–Kier alpha value is -0.690. The van der Waals surface area contributed by atoms with Crippen molar-refractivity contribution in [2.75, 3.05) is 46.6 Å². The van der Waals surface area contributed by atoms with Crippen LogP contribution in [0.5, 0.6) is 0 Å². The summed E-state index contributed by atoms with van der Waals surface area (Å²) in [5.41, 5.74) is -0.281. The van der Waals surface area contributed by atoms with Gasteiger partial charge in [-0.05, 0) is 0 Å². The van der Waals surface area contributed by atoms with E-state index in [0.29, 0.717) is 39.5 Å². The van der Waals surface area contributed by atoms with E-state index >= 15 is 0 Å². The zero-order valence-electron chi connectivity index (χ0n) is 9.62. The lowest BCUT2D eigenvalue weighted by Gasteiger charge is -2.42. The zero-order chi connectivity index (χ0) is 11.9. The van der Waals surface area contributed by atoms with Crippen LogP contribution in [0.15, 0.2) is 0 Å². The van der Waals surface area contributed by atoms with Crippen LogP contribution >= 0.6 is 0 Å². The molecule has 6 heteroatoms. The summed E-state index contributed by atoms with van der Waals surface area (Å²) in [7, 11) is 1.63. The number of hydrogen-bond acceptors (Lipinski definition) is 5. The van der Waals surface area contributed by atoms with E-state index in [4.69, 9.17) is 14.6 Å². The number of methoxy groups -OCH3 is 1. The summed E-state index contributed by atoms with van der Waals surface area (Å²) >= 11 is 0. The molecule has 6 nitrogen and oxygen atoms in total. The number of aliphatic carboxylic acids is 1. The molecule has 3 N–H and O–H groups in total. The standard InChI is InChI=1S/C10H20N2O4/c1-15-4-5-16-3-2-12-10(6-9(13)14)7-11-8-10/h11-12H,2-8H2,1H3,(H,13,14). The van der Waals surface area contributed by atoms with Crippen molar-refractivity contribution in [1.29, 1.82) is 0 Å². The van der Waals surface area contributed by atoms with Crippen molar-refractivity contribution in [2.45, 2.75) is 12.0 Å². The van der Waals surface area contributed by atoms with Gasteiger partial charge < -0.3 is 25.2 Å². The fraction of sp³-hybridized carbons (Fsp3) is 0.900. The first-order chi connectivity index (χ1) is 7.68. The molecular weight excluding hydrogens is 212 g/mol. The van der Waals surface area contributed by atoms with Gasteiger partial charge in [0.25, 0.3) is 0 Å². The number of carboxylic acid groups (broad SMARTS) is 1. The van der Waals surface area contributed by atoms with Crippen LogP contribution in [0.2, 0.25) is 0 Å². The molecule has 0 aromatic heterocycles. The maximum Gasteiger partial charge on any atom is 0.305 e. The topological polar surface area (TPSA) is 79.8 Å². The maximum atomic E-state index is 10.7. The molecule has 0 saturated carbocycles. The Balaban J connectivity index is 2.07. The highest BCUT2D eigenvalue weighted by atomic mass is 16.5. The highest BCUT2D eigenvalue weighted by molar-refractivity contribution is 5.68. The first-order valence-electron chi connectivity index (χ1n) is 5.43. The third-order valence-corrected chi connectivity index (χ3v) is 2.59. The largest absolute Gasteiger partial charge is 0.481 e. The smallest absolute Gasteiger partial charge is 0.305 e. The van der Waals surface area contributed by atoms with Crippen molar-refractivity contribution in [1.82, 2.24) is 10.6 Å². The van der Waals surface area contributed by atoms with Gasteiger partial charge in [-0.2, -0.15) is 0 Å². The minimum atomic E-state index is -0.769. The van der Waals surface area contributed by atoms with Gasteiger partial charge in [0.15, 0.2) is 0 Å². The lowest BCUT2D eigenvalue weighted by molar-refractivity contribution is -0.139. The van der Waals surface area contributed by atoms with E-state index in [-0.39, 0.29) is 12.0 Å². The highest BCUT2D eigenvalue weighted by Gasteiger charge is 2.38. The molecular formula is C10H20N2O4. The Morgan fingerprint density at radius 3 is 2.69 bits per heavy atom. The van der Waals surface area contributed by atoms with Crippen LogP contribution in [0.4, 0.5) is 0 Å². The van der Waals surface area contributed by atoms with E-state index in [9.17, 15) is 4.79 Å². The normalized spacial score (nSPS) is 18.1. The van der Waals surface area contributed by atoms with Crippen LogP contribution < -0.4 is 10.6 Å². The molecule has 94 valence electrons. The summed E-state index contributed by atoms with van der Waals surface area (Å²) in [5, 5.41) is 15.1. The molecule has 0 spiro atoms. The van der Waals surface area contributed by atoms with Gasteiger partial charge in [0, 0.05) is 26.7 Å². The molecule has 1 aliphatic rings. The van der Waals surface area contributed by atoms with Crippen LogP contribution in [0, 0.1) is 0 Å². The number of carboxylic acids is 1. The molecule has 0 bridgehead atoms. The Morgan fingerprint density at radius 2 is 2.19 bits per heavy atom. The number of rotatable bonds is 9. The molecule has 1 saturated heterocycles. The van der Waals surface area contributed by atoms with Crippen LogP contribution in [0.3, 0.4) is 0 Å². The lowest BCUT2D eigenvalue weighted by atomic mass is 9.88. The minimum Gasteiger partial charge on any atom is -0.481 e. The van der Waals surface area contributed by atoms with E-state index in [1.54, 1.807) is 7.11 Å². The van der Waals surface area contributed by atoms with E-state index < -0.39 is 5.97 Å². The number of hydrogen-bond donors (Lipinski definition) is 3. The maximum absolute atomic E-state index is 10.7. The second-order valence-electron chi connectivity index (χ2n) is 3.99. The molecule has 0 amide bonds. The van der Waals surface area contributed by atoms with Gasteiger partial charge in [0.2, 0.25) is 0 Å². The molecule has 1 fully saturated rings. The summed E-state index contributed by atoms with van der Waals surface area (Å²) in [5.74, 6) is -0.769. The molecule has 0 aromatic carbocycles. The third-order valence-electron chi connectivity index (χ3n) is 2.59. The number of ether oxygens (including phenoxy) is 2. The van der Waals surface area contributed by atoms with Gasteiger partial charge in [-0.15, -0.1) is 0 Å². The second-order valence-corrected chi connectivity index (χ2v) is 3.99. The zero-order valence-corrected chi connectivity index (χ0v) is 9.62. The molecule has 0 unspecified atom stereocenters. The minimum absolute atomic E-state index is 0.151. The monoisotopic (exact) mass is 232 g/mol. The van der Waals surface area contributed by atoms with Gasteiger partial charge in [-0.25, -0.2) is 0 Å². The third kappa shape index (κ3) is 4.44. The molecule has 0 aromatic rings. The Bertz CT molecular complexity index is 219. The fourth-order valence-corrected chi connectivity index (χ4v) is 1.66. The van der Waals surface area contributed by atoms with E-state index in [1.165, 1.54) is 0 Å². The van der Waals surface area contributed by atoms with Gasteiger partial charge in [0.1, 0.15) is 0 Å². The fourth-order valence-electron chi connectivity index (χ4n) is 1.66. The SMILES string of the molecule is COCCOCCNC1(CC(=O)O)CNC1. The van der Waals surface area contributed by atoms with Crippen molar-refractivity contribution in [3.05, 3.63) is 0 Å². The molecule has 16 heavy (non-hydrogen) atoms. The van der Waals surface area contributed by atoms with Gasteiger partial charge in [0.05, 0.1) is 31.8 Å². The molecule has 1 rings (SSSR count). The van der Waals surface area contributed by atoms with Gasteiger partial charge in [-0.3, -0.25) is 4.79 Å². The van der Waals surface area contributed by atoms with Crippen molar-refractivity contribution >= 4 is 5.97 Å². The van der Waals surface area contributed by atoms with Crippen LogP contribution in [0.25, 0.3) is 0 Å². The molecule has 0 aliphatic carbocycles. The van der Waals surface area contributed by atoms with E-state index in [2.05, 4.69) is 10.6 Å². The predicted molar refractivity (Wildman–Crippen MR) is 58.6 cm³/mol. The summed E-state index contributed by atoms with van der Waals surface area (Å²) in [4.78, 5) is 10.7. The molecule has 1 aliphatic heterocycles. The lowest BCUT2D eigenvalue weighted by Crippen LogP contribution is -2.68. The average molecular weight is 232 g/mol. The first-order valence-corrected chi connectivity index (χ1v) is 5.43. The van der Waals surface area contributed by atoms with Crippen molar-refractivity contribution in [3.63, 3.8) is 0 Å². The highest BCUT2D eigenvalue weighted by Crippen LogP contribution is 2.15. The predicted octanol–water partition coefficient (Wildman–Crippen LogP) is -0.944. The Kier molecular flexibility index (Phi) is 5.68. The molecule has 1 heterocycles. The van der Waals surface area contributed by atoms with Crippen molar-refractivity contribution < 1.29 is 19.4 Å². The van der Waals surface area contributed by atoms with E-state index in [0.717, 1.165) is 0 Å². The first kappa shape index (κ1) is 13.4. The summed E-state index contributed by atoms with van der Waals surface area (Å²) in [6, 6.07) is 0. The van der Waals surface area contributed by atoms with Crippen molar-refractivity contribution in [3.8, 4) is 0 Å². The average Bonchev–Trinajstić information content (AvgIpc) is 2.18. The molecule has 0 radical (unpaired) electrons. The summed E-state index contributed by atoms with van der Waals surface area (Å²) < 4.78 is 10.1. The molecule has 0 atom stereocenters. The quantitative estimate of drug-likeness (QED) is 0.445. The number of carbonyl (C=O) groups is 1. The Labute approximate surface area is 95.3 Å².